The van der Waals surface area contributed by atoms with E-state index in [2.05, 4.69) is 93.4 Å². The third kappa shape index (κ3) is 2.18. The van der Waals surface area contributed by atoms with Crippen molar-refractivity contribution in [1.82, 2.24) is 4.57 Å². The maximum atomic E-state index is 6.67. The number of benzene rings is 2. The van der Waals surface area contributed by atoms with Gasteiger partial charge >= 0.3 is 0 Å². The van der Waals surface area contributed by atoms with Crippen LogP contribution in [0.5, 0.6) is 0 Å². The van der Waals surface area contributed by atoms with Crippen LogP contribution in [0.1, 0.15) is 11.1 Å². The van der Waals surface area contributed by atoms with Gasteiger partial charge in [-0.2, -0.15) is 0 Å². The zero-order valence-electron chi connectivity index (χ0n) is 17.8. The van der Waals surface area contributed by atoms with Crippen molar-refractivity contribution in [2.24, 2.45) is 14.1 Å². The summed E-state index contributed by atoms with van der Waals surface area (Å²) in [5.41, 5.74) is 7.08. The Bertz CT molecular complexity index is 1430. The van der Waals surface area contributed by atoms with Crippen LogP contribution in [0.2, 0.25) is 19.6 Å². The van der Waals surface area contributed by atoms with Crippen LogP contribution in [-0.2, 0) is 14.1 Å². The van der Waals surface area contributed by atoms with Gasteiger partial charge in [-0.15, -0.1) is 0 Å². The maximum Gasteiger partial charge on any atom is 0.216 e. The number of hydrogen-bond acceptors (Lipinski definition) is 1. The Labute approximate surface area is 166 Å². The normalized spacial score (nSPS) is 12.8. The van der Waals surface area contributed by atoms with Crippen molar-refractivity contribution in [3.8, 4) is 0 Å². The van der Waals surface area contributed by atoms with Gasteiger partial charge in [-0.05, 0) is 31.4 Å². The van der Waals surface area contributed by atoms with Crippen molar-refractivity contribution in [2.45, 2.75) is 33.5 Å². The van der Waals surface area contributed by atoms with Crippen molar-refractivity contribution in [3.05, 3.63) is 47.8 Å². The highest BCUT2D eigenvalue weighted by molar-refractivity contribution is 6.89. The third-order valence-electron chi connectivity index (χ3n) is 6.29. The minimum atomic E-state index is -1.45. The van der Waals surface area contributed by atoms with E-state index in [1.165, 1.54) is 48.9 Å². The van der Waals surface area contributed by atoms with Gasteiger partial charge in [0.1, 0.15) is 18.2 Å². The molecule has 5 aromatic rings. The summed E-state index contributed by atoms with van der Waals surface area (Å²) in [7, 11) is 2.82. The molecule has 0 N–H and O–H groups in total. The van der Waals surface area contributed by atoms with E-state index in [9.17, 15) is 0 Å². The second-order valence-corrected chi connectivity index (χ2v) is 14.3. The molecule has 142 valence electrons. The fourth-order valence-electron chi connectivity index (χ4n) is 4.70. The van der Waals surface area contributed by atoms with Gasteiger partial charge in [-0.1, -0.05) is 30.9 Å². The van der Waals surface area contributed by atoms with Gasteiger partial charge < -0.3 is 8.98 Å². The SMILES string of the molecule is Cc1c2cc[n+](C)c2c(C)c2c1oc1cc([Si](C)(C)C)cc3ccn(C)c2c31. The molecule has 0 saturated carbocycles. The zero-order valence-corrected chi connectivity index (χ0v) is 18.8. The van der Waals surface area contributed by atoms with Crippen molar-refractivity contribution in [3.63, 3.8) is 0 Å². The van der Waals surface area contributed by atoms with Gasteiger partial charge in [0.25, 0.3) is 0 Å². The van der Waals surface area contributed by atoms with Gasteiger partial charge in [0.15, 0.2) is 6.20 Å². The van der Waals surface area contributed by atoms with Crippen molar-refractivity contribution in [2.75, 3.05) is 0 Å². The Morgan fingerprint density at radius 2 is 1.75 bits per heavy atom. The van der Waals surface area contributed by atoms with Gasteiger partial charge in [-0.25, -0.2) is 4.57 Å². The summed E-state index contributed by atoms with van der Waals surface area (Å²) in [6.07, 6.45) is 4.33. The van der Waals surface area contributed by atoms with E-state index in [1.54, 1.807) is 0 Å². The average Bonchev–Trinajstić information content (AvgIpc) is 3.03. The monoisotopic (exact) mass is 387 g/mol. The molecule has 3 aromatic heterocycles. The van der Waals surface area contributed by atoms with E-state index in [0.717, 1.165) is 11.2 Å². The smallest absolute Gasteiger partial charge is 0.216 e. The van der Waals surface area contributed by atoms with Crippen LogP contribution in [0, 0.1) is 13.8 Å². The molecule has 28 heavy (non-hydrogen) atoms. The Balaban J connectivity index is 2.13. The quantitative estimate of drug-likeness (QED) is 0.167. The molecule has 3 nitrogen and oxygen atoms in total. The summed E-state index contributed by atoms with van der Waals surface area (Å²) in [5, 5.41) is 6.45. The van der Waals surface area contributed by atoms with E-state index < -0.39 is 8.07 Å². The van der Waals surface area contributed by atoms with E-state index in [-0.39, 0.29) is 0 Å². The van der Waals surface area contributed by atoms with Crippen LogP contribution in [-0.4, -0.2) is 12.6 Å². The van der Waals surface area contributed by atoms with Crippen molar-refractivity contribution in [1.29, 1.82) is 0 Å². The number of hydrogen-bond donors (Lipinski definition) is 0. The number of fused-ring (bicyclic) bond motifs is 3. The molecule has 0 amide bonds. The molecular formula is C24H27N2OSi+. The molecule has 2 aromatic carbocycles. The first kappa shape index (κ1) is 17.5. The van der Waals surface area contributed by atoms with Gasteiger partial charge in [-0.3, -0.25) is 0 Å². The third-order valence-corrected chi connectivity index (χ3v) is 8.31. The van der Waals surface area contributed by atoms with Gasteiger partial charge in [0.2, 0.25) is 5.52 Å². The van der Waals surface area contributed by atoms with Crippen LogP contribution >= 0.6 is 0 Å². The van der Waals surface area contributed by atoms with Crippen molar-refractivity contribution < 1.29 is 8.98 Å². The molecule has 3 heterocycles. The number of aryl methyl sites for hydroxylation is 4. The average molecular weight is 388 g/mol. The molecule has 4 heteroatoms. The predicted molar refractivity (Wildman–Crippen MR) is 121 cm³/mol. The lowest BCUT2D eigenvalue weighted by molar-refractivity contribution is -0.642. The first-order valence-electron chi connectivity index (χ1n) is 9.92. The van der Waals surface area contributed by atoms with Crippen molar-refractivity contribution >= 4 is 57.0 Å². The second kappa shape index (κ2) is 5.48. The van der Waals surface area contributed by atoms with Crippen LogP contribution < -0.4 is 9.75 Å². The number of rotatable bonds is 1. The van der Waals surface area contributed by atoms with E-state index in [1.807, 2.05) is 0 Å². The first-order chi connectivity index (χ1) is 13.2. The standard InChI is InChI=1S/C24H27N2OSi/c1-14-18-9-11-25(3)22(18)15(2)20-23-21-16(8-10-26(23)4)12-17(28(5,6)7)13-19(21)27-24(14)20/h8-13H,1-7H3/q+1. The summed E-state index contributed by atoms with van der Waals surface area (Å²) in [5.74, 6) is 0. The van der Waals surface area contributed by atoms with Crippen LogP contribution in [0.25, 0.3) is 43.7 Å². The van der Waals surface area contributed by atoms with E-state index in [4.69, 9.17) is 4.42 Å². The zero-order chi connectivity index (χ0) is 20.0. The Hall–Kier alpha value is -2.59. The number of nitrogens with zero attached hydrogens (tertiary/aromatic N) is 2. The lowest BCUT2D eigenvalue weighted by atomic mass is 9.98. The molecule has 0 radical (unpaired) electrons. The molecule has 0 aliphatic rings. The highest BCUT2D eigenvalue weighted by Gasteiger charge is 2.24. The Morgan fingerprint density at radius 3 is 2.46 bits per heavy atom. The van der Waals surface area contributed by atoms with Crippen LogP contribution in [0.3, 0.4) is 0 Å². The van der Waals surface area contributed by atoms with Crippen LogP contribution in [0.15, 0.2) is 41.1 Å². The molecule has 0 spiro atoms. The summed E-state index contributed by atoms with van der Waals surface area (Å²) < 4.78 is 11.1. The summed E-state index contributed by atoms with van der Waals surface area (Å²) in [4.78, 5) is 0. The molecule has 5 rings (SSSR count). The van der Waals surface area contributed by atoms with Crippen LogP contribution in [0.4, 0.5) is 0 Å². The molecule has 0 unspecified atom stereocenters. The fraction of sp³-hybridized carbons (Fsp3) is 0.292. The first-order valence-corrected chi connectivity index (χ1v) is 13.4. The molecule has 0 fully saturated rings. The molecule has 0 saturated heterocycles. The lowest BCUT2D eigenvalue weighted by Gasteiger charge is -2.20. The lowest BCUT2D eigenvalue weighted by Crippen LogP contribution is -2.37. The number of aromatic nitrogens is 2. The van der Waals surface area contributed by atoms with E-state index in [0.29, 0.717) is 0 Å². The predicted octanol–water partition coefficient (Wildman–Crippen LogP) is 5.22. The fourth-order valence-corrected chi connectivity index (χ4v) is 5.85. The Morgan fingerprint density at radius 1 is 1.00 bits per heavy atom. The highest BCUT2D eigenvalue weighted by atomic mass is 28.3. The number of pyridine rings is 1. The largest absolute Gasteiger partial charge is 0.456 e. The molecular weight excluding hydrogens is 360 g/mol. The summed E-state index contributed by atoms with van der Waals surface area (Å²) in [6.45, 7) is 11.6. The summed E-state index contributed by atoms with van der Waals surface area (Å²) in [6, 6.07) is 9.11. The Kier molecular flexibility index (Phi) is 3.42. The molecule has 0 aliphatic heterocycles. The minimum absolute atomic E-state index is 1.01. The van der Waals surface area contributed by atoms with Gasteiger partial charge in [0, 0.05) is 35.8 Å². The summed E-state index contributed by atoms with van der Waals surface area (Å²) >= 11 is 0. The minimum Gasteiger partial charge on any atom is -0.456 e. The topological polar surface area (TPSA) is 21.9 Å². The molecule has 0 bridgehead atoms. The molecule has 0 aliphatic carbocycles. The van der Waals surface area contributed by atoms with E-state index >= 15 is 0 Å². The second-order valence-electron chi connectivity index (χ2n) is 9.21. The highest BCUT2D eigenvalue weighted by Crippen LogP contribution is 2.39. The molecule has 0 atom stereocenters. The maximum absolute atomic E-state index is 6.67. The van der Waals surface area contributed by atoms with Gasteiger partial charge in [0.05, 0.1) is 24.4 Å².